The van der Waals surface area contributed by atoms with Crippen LogP contribution < -0.4 is 5.32 Å². The van der Waals surface area contributed by atoms with Crippen molar-refractivity contribution in [1.82, 2.24) is 5.32 Å². The van der Waals surface area contributed by atoms with Gasteiger partial charge in [0.2, 0.25) is 0 Å². The molecule has 0 aliphatic carbocycles. The van der Waals surface area contributed by atoms with Crippen molar-refractivity contribution in [3.63, 3.8) is 0 Å². The highest BCUT2D eigenvalue weighted by Gasteiger charge is 2.23. The predicted molar refractivity (Wildman–Crippen MR) is 48.5 cm³/mol. The first-order chi connectivity index (χ1) is 4.61. The fourth-order valence-electron chi connectivity index (χ4n) is 0.984. The van der Waals surface area contributed by atoms with E-state index >= 15 is 0 Å². The second kappa shape index (κ2) is 2.62. The lowest BCUT2D eigenvalue weighted by Crippen LogP contribution is -2.45. The Kier molecular flexibility index (Phi) is 1.99. The lowest BCUT2D eigenvalue weighted by Gasteiger charge is -2.27. The van der Waals surface area contributed by atoms with E-state index in [1.807, 2.05) is 12.3 Å². The number of hydrogen-bond donors (Lipinski definition) is 1. The van der Waals surface area contributed by atoms with Gasteiger partial charge in [0.25, 0.3) is 0 Å². The van der Waals surface area contributed by atoms with Gasteiger partial charge in [-0.25, -0.2) is 0 Å². The summed E-state index contributed by atoms with van der Waals surface area (Å²) >= 11 is 0. The summed E-state index contributed by atoms with van der Waals surface area (Å²) < 4.78 is 0. The quantitative estimate of drug-likeness (QED) is 0.567. The number of rotatable bonds is 1. The van der Waals surface area contributed by atoms with E-state index in [9.17, 15) is 0 Å². The molecule has 0 radical (unpaired) electrons. The third-order valence-corrected chi connectivity index (χ3v) is 3.94. The van der Waals surface area contributed by atoms with Crippen molar-refractivity contribution >= 4 is 8.07 Å². The highest BCUT2D eigenvalue weighted by Crippen LogP contribution is 2.10. The molecule has 1 unspecified atom stereocenters. The molecule has 0 saturated carbocycles. The molecular formula is C8H15NSi. The van der Waals surface area contributed by atoms with Gasteiger partial charge in [-0.05, 0) is 12.3 Å². The summed E-state index contributed by atoms with van der Waals surface area (Å²) in [7, 11) is -1.01. The highest BCUT2D eigenvalue weighted by atomic mass is 28.3. The molecule has 0 bridgehead atoms. The van der Waals surface area contributed by atoms with Crippen LogP contribution in [-0.4, -0.2) is 13.7 Å². The van der Waals surface area contributed by atoms with E-state index in [0.29, 0.717) is 5.67 Å². The molecule has 0 amide bonds. The van der Waals surface area contributed by atoms with Crippen LogP contribution in [0.1, 0.15) is 0 Å². The zero-order valence-electron chi connectivity index (χ0n) is 6.89. The topological polar surface area (TPSA) is 12.0 Å². The van der Waals surface area contributed by atoms with E-state index < -0.39 is 8.07 Å². The Balaban J connectivity index is 2.60. The van der Waals surface area contributed by atoms with Gasteiger partial charge in [-0.2, -0.15) is 0 Å². The van der Waals surface area contributed by atoms with Gasteiger partial charge >= 0.3 is 0 Å². The molecule has 1 N–H and O–H groups in total. The minimum atomic E-state index is -1.01. The number of dihydropyridines is 1. The molecule has 0 fully saturated rings. The maximum absolute atomic E-state index is 3.35. The summed E-state index contributed by atoms with van der Waals surface area (Å²) in [6, 6.07) is 0. The Morgan fingerprint density at radius 1 is 1.20 bits per heavy atom. The molecule has 1 nitrogen and oxygen atoms in total. The van der Waals surface area contributed by atoms with E-state index in [0.717, 1.165) is 0 Å². The average Bonchev–Trinajstić information content (AvgIpc) is 1.88. The van der Waals surface area contributed by atoms with Crippen LogP contribution in [0.2, 0.25) is 19.6 Å². The summed E-state index contributed by atoms with van der Waals surface area (Å²) in [6.07, 6.45) is 8.45. The number of hydrogen-bond acceptors (Lipinski definition) is 1. The van der Waals surface area contributed by atoms with Crippen LogP contribution in [0, 0.1) is 0 Å². The Labute approximate surface area is 63.8 Å². The first kappa shape index (κ1) is 7.60. The summed E-state index contributed by atoms with van der Waals surface area (Å²) in [5.74, 6) is 0. The average molecular weight is 153 g/mol. The summed E-state index contributed by atoms with van der Waals surface area (Å²) in [6.45, 7) is 7.11. The second-order valence-corrected chi connectivity index (χ2v) is 9.11. The minimum absolute atomic E-state index is 0.623. The molecule has 0 aromatic carbocycles. The molecular weight excluding hydrogens is 138 g/mol. The van der Waals surface area contributed by atoms with Crippen molar-refractivity contribution in [2.24, 2.45) is 0 Å². The SMILES string of the molecule is C[Si](C)(C)C1C=CC=CN1. The fourth-order valence-corrected chi connectivity index (χ4v) is 2.27. The van der Waals surface area contributed by atoms with Crippen molar-refractivity contribution in [3.8, 4) is 0 Å². The molecule has 0 saturated heterocycles. The van der Waals surface area contributed by atoms with Crippen LogP contribution in [0.4, 0.5) is 0 Å². The zero-order valence-corrected chi connectivity index (χ0v) is 7.89. The third kappa shape index (κ3) is 1.74. The Morgan fingerprint density at radius 3 is 2.20 bits per heavy atom. The molecule has 1 heterocycles. The normalized spacial score (nSPS) is 24.5. The summed E-state index contributed by atoms with van der Waals surface area (Å²) in [5, 5.41) is 3.35. The Bertz CT molecular complexity index is 165. The Morgan fingerprint density at radius 2 is 1.90 bits per heavy atom. The highest BCUT2D eigenvalue weighted by molar-refractivity contribution is 6.78. The molecule has 1 aliphatic rings. The standard InChI is InChI=1S/C8H15NSi/c1-10(2,3)8-6-4-5-7-9-8/h4-9H,1-3H3. The molecule has 1 atom stereocenters. The van der Waals surface area contributed by atoms with Crippen molar-refractivity contribution in [3.05, 3.63) is 24.4 Å². The molecule has 56 valence electrons. The lowest BCUT2D eigenvalue weighted by molar-refractivity contribution is 0.865. The number of nitrogens with one attached hydrogen (secondary N) is 1. The van der Waals surface area contributed by atoms with Gasteiger partial charge < -0.3 is 5.32 Å². The van der Waals surface area contributed by atoms with Crippen LogP contribution >= 0.6 is 0 Å². The monoisotopic (exact) mass is 153 g/mol. The van der Waals surface area contributed by atoms with Crippen molar-refractivity contribution in [2.45, 2.75) is 25.3 Å². The zero-order chi connectivity index (χ0) is 7.61. The van der Waals surface area contributed by atoms with Gasteiger partial charge in [0, 0.05) is 5.67 Å². The Hall–Kier alpha value is -0.503. The first-order valence-electron chi connectivity index (χ1n) is 3.70. The van der Waals surface area contributed by atoms with E-state index in [4.69, 9.17) is 0 Å². The van der Waals surface area contributed by atoms with Crippen LogP contribution in [-0.2, 0) is 0 Å². The summed E-state index contributed by atoms with van der Waals surface area (Å²) in [4.78, 5) is 0. The van der Waals surface area contributed by atoms with Gasteiger partial charge in [-0.15, -0.1) is 0 Å². The van der Waals surface area contributed by atoms with Gasteiger partial charge in [0.05, 0.1) is 8.07 Å². The van der Waals surface area contributed by atoms with Crippen LogP contribution in [0.25, 0.3) is 0 Å². The third-order valence-electron chi connectivity index (χ3n) is 1.72. The van der Waals surface area contributed by atoms with Crippen LogP contribution in [0.5, 0.6) is 0 Å². The van der Waals surface area contributed by atoms with E-state index in [-0.39, 0.29) is 0 Å². The van der Waals surface area contributed by atoms with Crippen molar-refractivity contribution in [2.75, 3.05) is 0 Å². The molecule has 0 aromatic heterocycles. The molecule has 0 aromatic rings. The van der Waals surface area contributed by atoms with Gasteiger partial charge in [-0.3, -0.25) is 0 Å². The van der Waals surface area contributed by atoms with Gasteiger partial charge in [0.15, 0.2) is 0 Å². The van der Waals surface area contributed by atoms with Crippen molar-refractivity contribution in [1.29, 1.82) is 0 Å². The largest absolute Gasteiger partial charge is 0.387 e. The number of allylic oxidation sites excluding steroid dienone is 2. The molecule has 2 heteroatoms. The van der Waals surface area contributed by atoms with E-state index in [1.165, 1.54) is 0 Å². The first-order valence-corrected chi connectivity index (χ1v) is 7.28. The molecule has 1 rings (SSSR count). The maximum Gasteiger partial charge on any atom is 0.0750 e. The summed E-state index contributed by atoms with van der Waals surface area (Å²) in [5.41, 5.74) is 0.623. The van der Waals surface area contributed by atoms with E-state index in [2.05, 4.69) is 37.1 Å². The van der Waals surface area contributed by atoms with Crippen LogP contribution in [0.15, 0.2) is 24.4 Å². The molecule has 1 aliphatic heterocycles. The second-order valence-electron chi connectivity index (χ2n) is 3.75. The van der Waals surface area contributed by atoms with Crippen LogP contribution in [0.3, 0.4) is 0 Å². The minimum Gasteiger partial charge on any atom is -0.387 e. The van der Waals surface area contributed by atoms with Crippen molar-refractivity contribution < 1.29 is 0 Å². The maximum atomic E-state index is 3.35. The van der Waals surface area contributed by atoms with E-state index in [1.54, 1.807) is 0 Å². The van der Waals surface area contributed by atoms with Gasteiger partial charge in [-0.1, -0.05) is 31.8 Å². The fraction of sp³-hybridized carbons (Fsp3) is 0.500. The smallest absolute Gasteiger partial charge is 0.0750 e. The molecule has 0 spiro atoms. The molecule has 10 heavy (non-hydrogen) atoms. The predicted octanol–water partition coefficient (Wildman–Crippen LogP) is 1.91. The van der Waals surface area contributed by atoms with Gasteiger partial charge in [0.1, 0.15) is 0 Å². The lowest BCUT2D eigenvalue weighted by atomic mass is 10.4.